The van der Waals surface area contributed by atoms with E-state index in [0.717, 1.165) is 12.8 Å². The zero-order valence-corrected chi connectivity index (χ0v) is 9.07. The normalized spacial score (nSPS) is 12.4. The van der Waals surface area contributed by atoms with Gasteiger partial charge in [0, 0.05) is 12.5 Å². The summed E-state index contributed by atoms with van der Waals surface area (Å²) in [7, 11) is 0. The second-order valence-electron chi connectivity index (χ2n) is 3.95. The van der Waals surface area contributed by atoms with E-state index in [1.54, 1.807) is 0 Å². The number of carbonyl (C=O) groups is 1. The second-order valence-corrected chi connectivity index (χ2v) is 3.95. The van der Waals surface area contributed by atoms with E-state index in [1.165, 1.54) is 11.1 Å². The van der Waals surface area contributed by atoms with E-state index in [0.29, 0.717) is 0 Å². The molecule has 0 aliphatic carbocycles. The van der Waals surface area contributed by atoms with E-state index in [-0.39, 0.29) is 18.4 Å². The number of carbonyl (C=O) groups excluding carboxylic acids is 1. The smallest absolute Gasteiger partial charge is 0.218 e. The highest BCUT2D eigenvalue weighted by Gasteiger charge is 2.06. The van der Waals surface area contributed by atoms with E-state index in [4.69, 9.17) is 11.5 Å². The van der Waals surface area contributed by atoms with Crippen LogP contribution in [0, 0.1) is 6.92 Å². The van der Waals surface area contributed by atoms with Gasteiger partial charge in [0.25, 0.3) is 0 Å². The number of hydrogen-bond acceptors (Lipinski definition) is 2. The molecule has 0 heterocycles. The molecule has 4 N–H and O–H groups in total. The number of hydrogen-bond donors (Lipinski definition) is 2. The number of rotatable bonds is 5. The number of aryl methyl sites for hydroxylation is 2. The van der Waals surface area contributed by atoms with E-state index < -0.39 is 0 Å². The molecular weight excluding hydrogens is 188 g/mol. The van der Waals surface area contributed by atoms with Gasteiger partial charge in [0.05, 0.1) is 0 Å². The van der Waals surface area contributed by atoms with Crippen LogP contribution in [0.1, 0.15) is 24.0 Å². The first-order valence-electron chi connectivity index (χ1n) is 5.17. The Morgan fingerprint density at radius 3 is 2.47 bits per heavy atom. The summed E-state index contributed by atoms with van der Waals surface area (Å²) in [5, 5.41) is 0. The number of nitrogens with two attached hydrogens (primary N) is 2. The van der Waals surface area contributed by atoms with Crippen LogP contribution in [0.5, 0.6) is 0 Å². The minimum atomic E-state index is -0.327. The molecule has 15 heavy (non-hydrogen) atoms. The van der Waals surface area contributed by atoms with Crippen molar-refractivity contribution in [1.29, 1.82) is 0 Å². The third kappa shape index (κ3) is 4.61. The van der Waals surface area contributed by atoms with Crippen LogP contribution in [0.2, 0.25) is 0 Å². The molecule has 1 amide bonds. The fraction of sp³-hybridized carbons (Fsp3) is 0.417. The molecule has 0 fully saturated rings. The Labute approximate surface area is 90.5 Å². The SMILES string of the molecule is Cc1ccc(CCC(N)CC(N)=O)cc1. The van der Waals surface area contributed by atoms with Crippen LogP contribution in [-0.4, -0.2) is 11.9 Å². The quantitative estimate of drug-likeness (QED) is 0.758. The monoisotopic (exact) mass is 206 g/mol. The molecule has 0 radical (unpaired) electrons. The van der Waals surface area contributed by atoms with Crippen LogP contribution in [0.15, 0.2) is 24.3 Å². The van der Waals surface area contributed by atoms with Crippen LogP contribution < -0.4 is 11.5 Å². The summed E-state index contributed by atoms with van der Waals surface area (Å²) in [5.74, 6) is -0.327. The first-order valence-corrected chi connectivity index (χ1v) is 5.17. The summed E-state index contributed by atoms with van der Waals surface area (Å²) in [6, 6.07) is 8.21. The lowest BCUT2D eigenvalue weighted by Crippen LogP contribution is -2.27. The van der Waals surface area contributed by atoms with Crippen molar-refractivity contribution in [2.45, 2.75) is 32.2 Å². The van der Waals surface area contributed by atoms with Crippen molar-refractivity contribution in [3.8, 4) is 0 Å². The van der Waals surface area contributed by atoms with E-state index >= 15 is 0 Å². The zero-order valence-electron chi connectivity index (χ0n) is 9.07. The molecule has 1 aromatic rings. The van der Waals surface area contributed by atoms with Gasteiger partial charge in [-0.15, -0.1) is 0 Å². The van der Waals surface area contributed by atoms with Gasteiger partial charge in [-0.1, -0.05) is 29.8 Å². The minimum Gasteiger partial charge on any atom is -0.370 e. The van der Waals surface area contributed by atoms with Crippen LogP contribution in [0.4, 0.5) is 0 Å². The largest absolute Gasteiger partial charge is 0.370 e. The first kappa shape index (κ1) is 11.7. The maximum Gasteiger partial charge on any atom is 0.218 e. The molecule has 0 aliphatic heterocycles. The molecule has 0 bridgehead atoms. The Kier molecular flexibility index (Phi) is 4.31. The lowest BCUT2D eigenvalue weighted by Gasteiger charge is -2.09. The predicted octanol–water partition coefficient (Wildman–Crippen LogP) is 1.13. The van der Waals surface area contributed by atoms with E-state index in [9.17, 15) is 4.79 Å². The Balaban J connectivity index is 2.36. The molecule has 1 unspecified atom stereocenters. The van der Waals surface area contributed by atoms with Crippen molar-refractivity contribution in [2.24, 2.45) is 11.5 Å². The van der Waals surface area contributed by atoms with E-state index in [1.807, 2.05) is 0 Å². The summed E-state index contributed by atoms with van der Waals surface area (Å²) < 4.78 is 0. The summed E-state index contributed by atoms with van der Waals surface area (Å²) in [5.41, 5.74) is 13.3. The van der Waals surface area contributed by atoms with Crippen molar-refractivity contribution in [1.82, 2.24) is 0 Å². The van der Waals surface area contributed by atoms with Crippen molar-refractivity contribution in [3.63, 3.8) is 0 Å². The molecule has 0 aromatic heterocycles. The molecule has 0 aliphatic rings. The highest BCUT2D eigenvalue weighted by atomic mass is 16.1. The maximum absolute atomic E-state index is 10.6. The Morgan fingerprint density at radius 2 is 1.93 bits per heavy atom. The highest BCUT2D eigenvalue weighted by molar-refractivity contribution is 5.74. The highest BCUT2D eigenvalue weighted by Crippen LogP contribution is 2.07. The van der Waals surface area contributed by atoms with Gasteiger partial charge in [-0.25, -0.2) is 0 Å². The number of amides is 1. The standard InChI is InChI=1S/C12H18N2O/c1-9-2-4-10(5-3-9)6-7-11(13)8-12(14)15/h2-5,11H,6-8,13H2,1H3,(H2,14,15). The molecule has 0 saturated carbocycles. The van der Waals surface area contributed by atoms with Gasteiger partial charge in [0.2, 0.25) is 5.91 Å². The molecule has 3 nitrogen and oxygen atoms in total. The van der Waals surface area contributed by atoms with Crippen molar-refractivity contribution < 1.29 is 4.79 Å². The van der Waals surface area contributed by atoms with Gasteiger partial charge < -0.3 is 11.5 Å². The Morgan fingerprint density at radius 1 is 1.33 bits per heavy atom. The van der Waals surface area contributed by atoms with Crippen molar-refractivity contribution in [3.05, 3.63) is 35.4 Å². The van der Waals surface area contributed by atoms with Crippen LogP contribution in [-0.2, 0) is 11.2 Å². The lowest BCUT2D eigenvalue weighted by atomic mass is 10.0. The molecule has 1 rings (SSSR count). The van der Waals surface area contributed by atoms with Crippen molar-refractivity contribution >= 4 is 5.91 Å². The fourth-order valence-electron chi connectivity index (χ4n) is 1.47. The number of benzene rings is 1. The third-order valence-electron chi connectivity index (χ3n) is 2.39. The predicted molar refractivity (Wildman–Crippen MR) is 61.3 cm³/mol. The van der Waals surface area contributed by atoms with Gasteiger partial charge in [0.15, 0.2) is 0 Å². The summed E-state index contributed by atoms with van der Waals surface area (Å²) in [4.78, 5) is 10.6. The Hall–Kier alpha value is -1.35. The summed E-state index contributed by atoms with van der Waals surface area (Å²) in [6.07, 6.45) is 1.96. The average Bonchev–Trinajstić information content (AvgIpc) is 2.16. The lowest BCUT2D eigenvalue weighted by molar-refractivity contribution is -0.118. The molecular formula is C12H18N2O. The first-order chi connectivity index (χ1) is 7.08. The molecule has 0 spiro atoms. The van der Waals surface area contributed by atoms with Crippen LogP contribution >= 0.6 is 0 Å². The van der Waals surface area contributed by atoms with Crippen LogP contribution in [0.25, 0.3) is 0 Å². The topological polar surface area (TPSA) is 69.1 Å². The molecule has 0 saturated heterocycles. The minimum absolute atomic E-state index is 0.121. The summed E-state index contributed by atoms with van der Waals surface area (Å²) >= 11 is 0. The van der Waals surface area contributed by atoms with Crippen LogP contribution in [0.3, 0.4) is 0 Å². The zero-order chi connectivity index (χ0) is 11.3. The second kappa shape index (κ2) is 5.51. The van der Waals surface area contributed by atoms with Gasteiger partial charge in [-0.05, 0) is 25.3 Å². The molecule has 1 atom stereocenters. The van der Waals surface area contributed by atoms with E-state index in [2.05, 4.69) is 31.2 Å². The molecule has 3 heteroatoms. The maximum atomic E-state index is 10.6. The van der Waals surface area contributed by atoms with Gasteiger partial charge in [-0.3, -0.25) is 4.79 Å². The summed E-state index contributed by atoms with van der Waals surface area (Å²) in [6.45, 7) is 2.06. The van der Waals surface area contributed by atoms with Gasteiger partial charge >= 0.3 is 0 Å². The Bertz CT molecular complexity index is 319. The number of primary amides is 1. The molecule has 82 valence electrons. The van der Waals surface area contributed by atoms with Gasteiger partial charge in [-0.2, -0.15) is 0 Å². The fourth-order valence-corrected chi connectivity index (χ4v) is 1.47. The van der Waals surface area contributed by atoms with Crippen molar-refractivity contribution in [2.75, 3.05) is 0 Å². The third-order valence-corrected chi connectivity index (χ3v) is 2.39. The average molecular weight is 206 g/mol. The molecule has 1 aromatic carbocycles. The van der Waals surface area contributed by atoms with Gasteiger partial charge in [0.1, 0.15) is 0 Å².